The van der Waals surface area contributed by atoms with Crippen LogP contribution in [0.2, 0.25) is 0 Å². The molecule has 1 aromatic rings. The number of carbonyl (C=O) groups excluding carboxylic acids is 1. The molecule has 2 rings (SSSR count). The van der Waals surface area contributed by atoms with Gasteiger partial charge in [0.15, 0.2) is 0 Å². The normalized spacial score (nSPS) is 17.6. The Morgan fingerprint density at radius 1 is 1.44 bits per heavy atom. The maximum absolute atomic E-state index is 12.0. The highest BCUT2D eigenvalue weighted by Crippen LogP contribution is 2.35. The van der Waals surface area contributed by atoms with Crippen molar-refractivity contribution in [2.45, 2.75) is 38.1 Å². The molecule has 1 saturated carbocycles. The Labute approximate surface area is 96.0 Å². The lowest BCUT2D eigenvalue weighted by molar-refractivity contribution is 0.0821. The van der Waals surface area contributed by atoms with Crippen molar-refractivity contribution in [1.29, 1.82) is 0 Å². The summed E-state index contributed by atoms with van der Waals surface area (Å²) in [5.74, 6) is -0.0420. The zero-order chi connectivity index (χ0) is 11.6. The Morgan fingerprint density at radius 3 is 2.62 bits per heavy atom. The number of rotatable bonds is 3. The predicted molar refractivity (Wildman–Crippen MR) is 65.2 cm³/mol. The van der Waals surface area contributed by atoms with E-state index < -0.39 is 0 Å². The largest absolute Gasteiger partial charge is 0.398 e. The van der Waals surface area contributed by atoms with Gasteiger partial charge in [0.25, 0.3) is 5.91 Å². The number of nitrogen functional groups attached to an aromatic ring is 1. The topological polar surface area (TPSA) is 55.1 Å². The van der Waals surface area contributed by atoms with Gasteiger partial charge in [-0.3, -0.25) is 4.79 Å². The van der Waals surface area contributed by atoms with Crippen LogP contribution in [0.3, 0.4) is 0 Å². The number of nitrogens with two attached hydrogens (primary N) is 1. The smallest absolute Gasteiger partial charge is 0.253 e. The summed E-state index contributed by atoms with van der Waals surface area (Å²) in [6.07, 6.45) is 4.37. The minimum atomic E-state index is -0.0420. The molecule has 0 unspecified atom stereocenters. The molecule has 0 bridgehead atoms. The van der Waals surface area contributed by atoms with Crippen molar-refractivity contribution in [3.63, 3.8) is 0 Å². The van der Waals surface area contributed by atoms with Gasteiger partial charge >= 0.3 is 0 Å². The summed E-state index contributed by atoms with van der Waals surface area (Å²) in [6, 6.07) is 7.21. The Morgan fingerprint density at radius 2 is 2.12 bits per heavy atom. The van der Waals surface area contributed by atoms with E-state index in [-0.39, 0.29) is 11.4 Å². The Bertz CT molecular complexity index is 391. The highest BCUT2D eigenvalue weighted by atomic mass is 16.1. The van der Waals surface area contributed by atoms with Gasteiger partial charge in [0.2, 0.25) is 0 Å². The van der Waals surface area contributed by atoms with Crippen LogP contribution in [0.1, 0.15) is 43.0 Å². The highest BCUT2D eigenvalue weighted by molar-refractivity contribution is 5.99. The highest BCUT2D eigenvalue weighted by Gasteiger charge is 2.36. The molecule has 3 nitrogen and oxygen atoms in total. The third kappa shape index (κ3) is 1.90. The molecule has 0 radical (unpaired) electrons. The molecule has 0 spiro atoms. The fourth-order valence-electron chi connectivity index (χ4n) is 2.18. The molecule has 86 valence electrons. The number of hydrogen-bond donors (Lipinski definition) is 2. The number of anilines is 1. The lowest BCUT2D eigenvalue weighted by Gasteiger charge is -2.42. The fraction of sp³-hybridized carbons (Fsp3) is 0.462. The fourth-order valence-corrected chi connectivity index (χ4v) is 2.18. The second-order valence-electron chi connectivity index (χ2n) is 4.53. The van der Waals surface area contributed by atoms with Gasteiger partial charge in [-0.25, -0.2) is 0 Å². The van der Waals surface area contributed by atoms with Crippen LogP contribution in [0.25, 0.3) is 0 Å². The molecule has 1 aliphatic rings. The molecule has 16 heavy (non-hydrogen) atoms. The lowest BCUT2D eigenvalue weighted by atomic mass is 9.74. The summed E-state index contributed by atoms with van der Waals surface area (Å²) in [5.41, 5.74) is 6.94. The summed E-state index contributed by atoms with van der Waals surface area (Å²) in [6.45, 7) is 2.12. The van der Waals surface area contributed by atoms with Gasteiger partial charge in [-0.2, -0.15) is 0 Å². The maximum Gasteiger partial charge on any atom is 0.253 e. The summed E-state index contributed by atoms with van der Waals surface area (Å²) < 4.78 is 0. The van der Waals surface area contributed by atoms with Gasteiger partial charge in [0, 0.05) is 11.2 Å². The van der Waals surface area contributed by atoms with E-state index in [0.29, 0.717) is 11.3 Å². The molecule has 3 heteroatoms. The number of amides is 1. The molecular weight excluding hydrogens is 200 g/mol. The molecule has 1 aromatic carbocycles. The molecule has 3 N–H and O–H groups in total. The van der Waals surface area contributed by atoms with Crippen molar-refractivity contribution in [2.24, 2.45) is 0 Å². The van der Waals surface area contributed by atoms with Crippen molar-refractivity contribution >= 4 is 11.6 Å². The Hall–Kier alpha value is -1.51. The average molecular weight is 218 g/mol. The standard InChI is InChI=1S/C13H18N2O/c1-2-13(8-5-9-13)15-12(16)10-6-3-4-7-11(10)14/h3-4,6-7H,2,5,8-9,14H2,1H3,(H,15,16). The molecular formula is C13H18N2O. The minimum absolute atomic E-state index is 0.0271. The zero-order valence-electron chi connectivity index (χ0n) is 9.62. The van der Waals surface area contributed by atoms with Gasteiger partial charge in [-0.15, -0.1) is 0 Å². The summed E-state index contributed by atoms with van der Waals surface area (Å²) in [5, 5.41) is 3.12. The predicted octanol–water partition coefficient (Wildman–Crippen LogP) is 2.33. The van der Waals surface area contributed by atoms with Crippen LogP contribution in [0.4, 0.5) is 5.69 Å². The van der Waals surface area contributed by atoms with Crippen LogP contribution in [-0.2, 0) is 0 Å². The van der Waals surface area contributed by atoms with Crippen LogP contribution < -0.4 is 11.1 Å². The lowest BCUT2D eigenvalue weighted by Crippen LogP contribution is -2.53. The van der Waals surface area contributed by atoms with Gasteiger partial charge < -0.3 is 11.1 Å². The molecule has 1 amide bonds. The monoisotopic (exact) mass is 218 g/mol. The minimum Gasteiger partial charge on any atom is -0.398 e. The van der Waals surface area contributed by atoms with Crippen molar-refractivity contribution in [3.05, 3.63) is 29.8 Å². The van der Waals surface area contributed by atoms with Gasteiger partial charge in [0.05, 0.1) is 5.56 Å². The van der Waals surface area contributed by atoms with Gasteiger partial charge in [0.1, 0.15) is 0 Å². The van der Waals surface area contributed by atoms with E-state index in [2.05, 4.69) is 12.2 Å². The second-order valence-corrected chi connectivity index (χ2v) is 4.53. The van der Waals surface area contributed by atoms with Crippen molar-refractivity contribution < 1.29 is 4.79 Å². The second kappa shape index (κ2) is 4.16. The number of carbonyl (C=O) groups is 1. The van der Waals surface area contributed by atoms with E-state index in [1.165, 1.54) is 6.42 Å². The molecule has 0 aliphatic heterocycles. The van der Waals surface area contributed by atoms with Crippen molar-refractivity contribution in [2.75, 3.05) is 5.73 Å². The van der Waals surface area contributed by atoms with Crippen LogP contribution in [0.15, 0.2) is 24.3 Å². The number of benzene rings is 1. The van der Waals surface area contributed by atoms with E-state index in [0.717, 1.165) is 19.3 Å². The molecule has 0 atom stereocenters. The van der Waals surface area contributed by atoms with E-state index >= 15 is 0 Å². The molecule has 0 heterocycles. The van der Waals surface area contributed by atoms with Crippen LogP contribution in [0, 0.1) is 0 Å². The first kappa shape index (κ1) is 11.0. The number of para-hydroxylation sites is 1. The van der Waals surface area contributed by atoms with Crippen LogP contribution >= 0.6 is 0 Å². The first-order valence-corrected chi connectivity index (χ1v) is 5.84. The average Bonchev–Trinajstić information content (AvgIpc) is 2.24. The van der Waals surface area contributed by atoms with Crippen LogP contribution in [0.5, 0.6) is 0 Å². The third-order valence-corrected chi connectivity index (χ3v) is 3.57. The summed E-state index contributed by atoms with van der Waals surface area (Å²) in [4.78, 5) is 12.0. The van der Waals surface area contributed by atoms with Gasteiger partial charge in [-0.1, -0.05) is 19.1 Å². The number of hydrogen-bond acceptors (Lipinski definition) is 2. The first-order valence-electron chi connectivity index (χ1n) is 5.84. The first-order chi connectivity index (χ1) is 7.67. The SMILES string of the molecule is CCC1(NC(=O)c2ccccc2N)CCC1. The van der Waals surface area contributed by atoms with Crippen molar-refractivity contribution in [1.82, 2.24) is 5.32 Å². The summed E-state index contributed by atoms with van der Waals surface area (Å²) >= 11 is 0. The molecule has 1 aliphatic carbocycles. The van der Waals surface area contributed by atoms with Gasteiger partial charge in [-0.05, 0) is 37.8 Å². The van der Waals surface area contributed by atoms with E-state index in [4.69, 9.17) is 5.73 Å². The molecule has 1 fully saturated rings. The van der Waals surface area contributed by atoms with E-state index in [1.807, 2.05) is 12.1 Å². The Kier molecular flexibility index (Phi) is 2.86. The van der Waals surface area contributed by atoms with Crippen LogP contribution in [-0.4, -0.2) is 11.4 Å². The van der Waals surface area contributed by atoms with Crippen molar-refractivity contribution in [3.8, 4) is 0 Å². The molecule has 0 saturated heterocycles. The Balaban J connectivity index is 2.11. The quantitative estimate of drug-likeness (QED) is 0.765. The zero-order valence-corrected chi connectivity index (χ0v) is 9.62. The molecule has 0 aromatic heterocycles. The van der Waals surface area contributed by atoms with E-state index in [1.54, 1.807) is 12.1 Å². The summed E-state index contributed by atoms with van der Waals surface area (Å²) in [7, 11) is 0. The maximum atomic E-state index is 12.0. The third-order valence-electron chi connectivity index (χ3n) is 3.57. The van der Waals surface area contributed by atoms with E-state index in [9.17, 15) is 4.79 Å². The number of nitrogens with one attached hydrogen (secondary N) is 1.